The van der Waals surface area contributed by atoms with Crippen molar-refractivity contribution >= 4 is 151 Å². The van der Waals surface area contributed by atoms with Crippen molar-refractivity contribution in [1.82, 2.24) is 9.78 Å². The molecular formula is C43H28N12O27S6. The van der Waals surface area contributed by atoms with Gasteiger partial charge in [0.15, 0.2) is 17.2 Å². The number of aromatic carboxylic acids is 2. The van der Waals surface area contributed by atoms with Crippen LogP contribution in [0.2, 0.25) is 0 Å². The third kappa shape index (κ3) is 12.6. The Morgan fingerprint density at radius 1 is 0.489 bits per heavy atom. The van der Waals surface area contributed by atoms with Crippen molar-refractivity contribution in [1.29, 1.82) is 0 Å². The zero-order chi connectivity index (χ0) is 65.3. The van der Waals surface area contributed by atoms with Gasteiger partial charge in [0.25, 0.3) is 66.4 Å². The van der Waals surface area contributed by atoms with E-state index in [1.54, 1.807) is 0 Å². The van der Waals surface area contributed by atoms with Gasteiger partial charge >= 0.3 is 11.9 Å². The van der Waals surface area contributed by atoms with Crippen LogP contribution in [0.15, 0.2) is 161 Å². The first-order chi connectivity index (χ1) is 40.6. The number of nitro groups is 1. The van der Waals surface area contributed by atoms with Crippen LogP contribution in [0, 0.1) is 10.1 Å². The SMILES string of the molecule is Nc1c(N=Nc2ccc3c(O)c(N=Nc4ccc(N=Nc5c(C(=O)O)nn(-c6ccc(S(=O)(=O)O)cc6)c5O)c(C(=O)O)c4)c(S(=O)(=O)O)cc3c2S(=O)(=O)O)cc(S(=O)(=O)O)c2cc(S(=O)(=O)O)c(N=Nc3ccc([N+](=O)[O-])cc3S(=O)(=O)O)c(O)c12. The number of nitrogens with zero attached hydrogens (tertiary/aromatic N) is 11. The number of carboxylic acids is 2. The van der Waals surface area contributed by atoms with E-state index >= 15 is 0 Å². The molecule has 88 heavy (non-hydrogen) atoms. The van der Waals surface area contributed by atoms with E-state index in [2.05, 4.69) is 46.0 Å². The van der Waals surface area contributed by atoms with Crippen LogP contribution in [0.1, 0.15) is 20.8 Å². The predicted octanol–water partition coefficient (Wildman–Crippen LogP) is 7.32. The summed E-state index contributed by atoms with van der Waals surface area (Å²) in [4.78, 5) is 26.8. The highest BCUT2D eigenvalue weighted by Gasteiger charge is 2.32. The molecule has 0 saturated heterocycles. The summed E-state index contributed by atoms with van der Waals surface area (Å²) in [6.07, 6.45) is 0. The molecule has 0 amide bonds. The van der Waals surface area contributed by atoms with Gasteiger partial charge in [-0.05, 0) is 78.9 Å². The summed E-state index contributed by atoms with van der Waals surface area (Å²) in [7, 11) is -32.9. The van der Waals surface area contributed by atoms with E-state index in [1.165, 1.54) is 0 Å². The molecule has 7 aromatic carbocycles. The quantitative estimate of drug-likeness (QED) is 0.0131. The predicted molar refractivity (Wildman–Crippen MR) is 290 cm³/mol. The largest absolute Gasteiger partial charge is 0.505 e. The lowest BCUT2D eigenvalue weighted by Crippen LogP contribution is -2.04. The number of nitro benzene ring substituents is 1. The lowest BCUT2D eigenvalue weighted by Gasteiger charge is -2.15. The standard InChI is InChI=1S/C43H28N12O27S6/c44-33-27(15-28(84(68,69)70)23-14-31(87(77,78)79)35(39(57)32(23)33)51-47-25-9-4-18(55(63)64)12-29(25)85(71,72)73)49-48-26-10-7-20-21(40(26)88(80,81)82)13-30(86(74,75)76)34(38(20)56)50-45-16-1-8-24(22(11-16)42(59)60)46-52-36-37(43(61)62)53-54(41(36)58)17-2-5-19(6-3-17)83(65,66)67/h1-15,56-58H,44H2,(H,59,60)(H,61,62)(H,65,66,67)(H,68,69,70)(H,71,72,73)(H,74,75,76)(H,77,78,79)(H,80,81,82). The number of carbonyl (C=O) groups is 2. The molecule has 0 spiro atoms. The number of anilines is 1. The number of fused-ring (bicyclic) bond motifs is 2. The molecule has 458 valence electrons. The zero-order valence-corrected chi connectivity index (χ0v) is 47.0. The molecule has 0 aliphatic carbocycles. The normalized spacial score (nSPS) is 13.0. The van der Waals surface area contributed by atoms with Crippen molar-refractivity contribution in [2.45, 2.75) is 29.4 Å². The number of nitrogen functional groups attached to an aromatic ring is 1. The molecule has 45 heteroatoms. The lowest BCUT2D eigenvalue weighted by atomic mass is 10.0. The number of azo groups is 4. The van der Waals surface area contributed by atoms with Gasteiger partial charge in [-0.25, -0.2) is 9.59 Å². The molecule has 13 N–H and O–H groups in total. The Morgan fingerprint density at radius 2 is 1.00 bits per heavy atom. The van der Waals surface area contributed by atoms with E-state index in [0.29, 0.717) is 47.1 Å². The van der Waals surface area contributed by atoms with Gasteiger partial charge < -0.3 is 31.3 Å². The van der Waals surface area contributed by atoms with Gasteiger partial charge in [0.05, 0.1) is 37.8 Å². The van der Waals surface area contributed by atoms with Gasteiger partial charge in [-0.15, -0.1) is 35.8 Å². The molecule has 0 fully saturated rings. The first-order valence-electron chi connectivity index (χ1n) is 22.4. The lowest BCUT2D eigenvalue weighted by molar-refractivity contribution is -0.385. The van der Waals surface area contributed by atoms with Crippen LogP contribution in [0.5, 0.6) is 17.4 Å². The van der Waals surface area contributed by atoms with Crippen LogP contribution < -0.4 is 5.73 Å². The maximum atomic E-state index is 13.1. The second-order valence-corrected chi connectivity index (χ2v) is 25.5. The molecule has 0 saturated carbocycles. The Bertz CT molecular complexity index is 5290. The van der Waals surface area contributed by atoms with Gasteiger partial charge in [0, 0.05) is 28.3 Å². The van der Waals surface area contributed by atoms with Crippen LogP contribution in [0.3, 0.4) is 0 Å². The molecular weight excluding hydrogens is 1310 g/mol. The molecule has 0 atom stereocenters. The molecule has 1 aromatic heterocycles. The van der Waals surface area contributed by atoms with E-state index in [9.17, 15) is 123 Å². The topological polar surface area (TPSA) is 647 Å². The zero-order valence-electron chi connectivity index (χ0n) is 42.1. The monoisotopic (exact) mass is 1340 g/mol. The highest BCUT2D eigenvalue weighted by molar-refractivity contribution is 7.87. The molecule has 0 bridgehead atoms. The Labute approximate surface area is 487 Å². The van der Waals surface area contributed by atoms with Crippen molar-refractivity contribution in [3.05, 3.63) is 112 Å². The Balaban J connectivity index is 1.22. The van der Waals surface area contributed by atoms with Crippen LogP contribution in [-0.2, 0) is 60.7 Å². The van der Waals surface area contributed by atoms with E-state index in [0.717, 1.165) is 42.5 Å². The van der Waals surface area contributed by atoms with Crippen molar-refractivity contribution in [3.63, 3.8) is 0 Å². The average Bonchev–Trinajstić information content (AvgIpc) is 0.947. The molecule has 0 aliphatic heterocycles. The third-order valence-electron chi connectivity index (χ3n) is 11.7. The van der Waals surface area contributed by atoms with Crippen LogP contribution >= 0.6 is 0 Å². The van der Waals surface area contributed by atoms with Crippen molar-refractivity contribution in [2.75, 3.05) is 5.73 Å². The highest BCUT2D eigenvalue weighted by atomic mass is 32.2. The summed E-state index contributed by atoms with van der Waals surface area (Å²) in [5.74, 6) is -7.52. The summed E-state index contributed by atoms with van der Waals surface area (Å²) in [6, 6.07) is 10.0. The molecule has 0 radical (unpaired) electrons. The van der Waals surface area contributed by atoms with Gasteiger partial charge in [-0.3, -0.25) is 37.4 Å². The highest BCUT2D eigenvalue weighted by Crippen LogP contribution is 2.50. The number of aromatic nitrogens is 2. The van der Waals surface area contributed by atoms with Crippen LogP contribution in [0.4, 0.5) is 56.9 Å². The molecule has 1 heterocycles. The summed E-state index contributed by atoms with van der Waals surface area (Å²) < 4.78 is 211. The first kappa shape index (κ1) is 63.7. The number of hydrogen-bond donors (Lipinski definition) is 12. The summed E-state index contributed by atoms with van der Waals surface area (Å²) in [5, 5.41) is 93.3. The van der Waals surface area contributed by atoms with Crippen molar-refractivity contribution < 1.29 is 118 Å². The summed E-state index contributed by atoms with van der Waals surface area (Å²) in [5.41, 5.74) is -5.27. The number of benzene rings is 7. The van der Waals surface area contributed by atoms with Crippen molar-refractivity contribution in [2.24, 2.45) is 40.9 Å². The van der Waals surface area contributed by atoms with Crippen LogP contribution in [0.25, 0.3) is 27.2 Å². The van der Waals surface area contributed by atoms with Gasteiger partial charge in [0.2, 0.25) is 11.6 Å². The van der Waals surface area contributed by atoms with Gasteiger partial charge in [0.1, 0.15) is 58.6 Å². The van der Waals surface area contributed by atoms with Gasteiger partial charge in [-0.2, -0.15) is 65.4 Å². The summed E-state index contributed by atoms with van der Waals surface area (Å²) >= 11 is 0. The third-order valence-corrected chi connectivity index (χ3v) is 17.0. The number of rotatable bonds is 18. The average molecular weight is 1340 g/mol. The second-order valence-electron chi connectivity index (χ2n) is 17.2. The maximum absolute atomic E-state index is 13.1. The smallest absolute Gasteiger partial charge is 0.358 e. The minimum Gasteiger partial charge on any atom is -0.505 e. The first-order valence-corrected chi connectivity index (χ1v) is 31.0. The van der Waals surface area contributed by atoms with Crippen molar-refractivity contribution in [3.8, 4) is 23.1 Å². The Morgan fingerprint density at radius 3 is 1.55 bits per heavy atom. The van der Waals surface area contributed by atoms with E-state index in [1.807, 2.05) is 0 Å². The summed E-state index contributed by atoms with van der Waals surface area (Å²) in [6.45, 7) is 0. The minimum atomic E-state index is -5.77. The number of phenolic OH excluding ortho intramolecular Hbond substituents is 2. The minimum absolute atomic E-state index is 0.160. The maximum Gasteiger partial charge on any atom is 0.358 e. The molecule has 0 aliphatic rings. The van der Waals surface area contributed by atoms with E-state index in [4.69, 9.17) is 5.73 Å². The molecule has 0 unspecified atom stereocenters. The number of carboxylic acid groups (broad SMARTS) is 2. The number of phenols is 2. The molecule has 8 rings (SSSR count). The fraction of sp³-hybridized carbons (Fsp3) is 0. The van der Waals surface area contributed by atoms with Crippen LogP contribution in [-0.4, -0.2) is 130 Å². The fourth-order valence-electron chi connectivity index (χ4n) is 7.87. The Kier molecular flexibility index (Phi) is 16.3. The number of aromatic hydroxyl groups is 3. The fourth-order valence-corrected chi connectivity index (χ4v) is 11.8. The second kappa shape index (κ2) is 22.5. The number of hydrogen-bond acceptors (Lipinski definition) is 29. The molecule has 8 aromatic rings. The number of nitrogens with two attached hydrogens (primary N) is 1. The number of non-ortho nitro benzene ring substituents is 1. The van der Waals surface area contributed by atoms with E-state index < -0.39 is 214 Å². The van der Waals surface area contributed by atoms with Gasteiger partial charge in [-0.1, -0.05) is 0 Å². The molecule has 39 nitrogen and oxygen atoms in total. The van der Waals surface area contributed by atoms with E-state index in [-0.39, 0.29) is 11.8 Å². The Hall–Kier alpha value is -10.3.